The number of benzene rings is 1. The van der Waals surface area contributed by atoms with Gasteiger partial charge in [0.1, 0.15) is 11.2 Å². The molecule has 18 heavy (non-hydrogen) atoms. The SMILES string of the molecule is CC(=O)C1(Cc2cc(C)ccc2C)CCOC1=O. The van der Waals surface area contributed by atoms with Gasteiger partial charge < -0.3 is 4.74 Å². The quantitative estimate of drug-likeness (QED) is 0.607. The zero-order valence-electron chi connectivity index (χ0n) is 11.1. The van der Waals surface area contributed by atoms with Gasteiger partial charge >= 0.3 is 5.97 Å². The Morgan fingerprint density at radius 1 is 1.39 bits per heavy atom. The molecular weight excluding hydrogens is 228 g/mol. The summed E-state index contributed by atoms with van der Waals surface area (Å²) in [6, 6.07) is 6.11. The van der Waals surface area contributed by atoms with Gasteiger partial charge in [-0.25, -0.2) is 0 Å². The number of cyclic esters (lactones) is 1. The maximum atomic E-state index is 11.9. The largest absolute Gasteiger partial charge is 0.465 e. The number of ketones is 1. The van der Waals surface area contributed by atoms with E-state index in [1.54, 1.807) is 0 Å². The van der Waals surface area contributed by atoms with Crippen LogP contribution in [0.15, 0.2) is 18.2 Å². The van der Waals surface area contributed by atoms with Gasteiger partial charge in [-0.2, -0.15) is 0 Å². The van der Waals surface area contributed by atoms with E-state index in [1.165, 1.54) is 6.92 Å². The minimum atomic E-state index is -0.960. The number of carbonyl (C=O) groups is 2. The summed E-state index contributed by atoms with van der Waals surface area (Å²) in [5.41, 5.74) is 2.35. The van der Waals surface area contributed by atoms with Crippen molar-refractivity contribution in [3.8, 4) is 0 Å². The number of ether oxygens (including phenoxy) is 1. The molecule has 96 valence electrons. The van der Waals surface area contributed by atoms with Gasteiger partial charge in [0, 0.05) is 6.42 Å². The van der Waals surface area contributed by atoms with Gasteiger partial charge in [0.25, 0.3) is 0 Å². The van der Waals surface area contributed by atoms with Crippen molar-refractivity contribution in [1.82, 2.24) is 0 Å². The van der Waals surface area contributed by atoms with E-state index >= 15 is 0 Å². The van der Waals surface area contributed by atoms with Gasteiger partial charge in [-0.05, 0) is 38.3 Å². The average Bonchev–Trinajstić information content (AvgIpc) is 2.67. The second kappa shape index (κ2) is 4.56. The maximum Gasteiger partial charge on any atom is 0.320 e. The molecule has 1 aliphatic rings. The third-order valence-electron chi connectivity index (χ3n) is 3.82. The second-order valence-corrected chi connectivity index (χ2v) is 5.13. The summed E-state index contributed by atoms with van der Waals surface area (Å²) in [7, 11) is 0. The van der Waals surface area contributed by atoms with Crippen molar-refractivity contribution >= 4 is 11.8 Å². The standard InChI is InChI=1S/C15H18O3/c1-10-4-5-11(2)13(8-10)9-15(12(3)16)6-7-18-14(15)17/h4-5,8H,6-7,9H2,1-3H3. The first-order valence-electron chi connectivity index (χ1n) is 6.20. The number of esters is 1. The van der Waals surface area contributed by atoms with Crippen LogP contribution >= 0.6 is 0 Å². The van der Waals surface area contributed by atoms with Crippen molar-refractivity contribution in [1.29, 1.82) is 0 Å². The summed E-state index contributed by atoms with van der Waals surface area (Å²) in [5, 5.41) is 0. The first-order chi connectivity index (χ1) is 8.45. The topological polar surface area (TPSA) is 43.4 Å². The summed E-state index contributed by atoms with van der Waals surface area (Å²) >= 11 is 0. The molecule has 0 saturated carbocycles. The first-order valence-corrected chi connectivity index (χ1v) is 6.20. The number of carbonyl (C=O) groups excluding carboxylic acids is 2. The molecule has 2 rings (SSSR count). The van der Waals surface area contributed by atoms with Crippen molar-refractivity contribution in [2.75, 3.05) is 6.61 Å². The monoisotopic (exact) mass is 246 g/mol. The minimum Gasteiger partial charge on any atom is -0.465 e. The number of rotatable bonds is 3. The minimum absolute atomic E-state index is 0.0918. The predicted molar refractivity (Wildman–Crippen MR) is 68.3 cm³/mol. The van der Waals surface area contributed by atoms with Gasteiger partial charge in [0.05, 0.1) is 6.61 Å². The molecule has 1 saturated heterocycles. The molecule has 1 aromatic rings. The zero-order chi connectivity index (χ0) is 13.3. The van der Waals surface area contributed by atoms with Crippen molar-refractivity contribution in [3.63, 3.8) is 0 Å². The second-order valence-electron chi connectivity index (χ2n) is 5.13. The molecular formula is C15H18O3. The number of hydrogen-bond donors (Lipinski definition) is 0. The van der Waals surface area contributed by atoms with E-state index < -0.39 is 5.41 Å². The summed E-state index contributed by atoms with van der Waals surface area (Å²) in [4.78, 5) is 23.8. The Bertz CT molecular complexity index is 504. The van der Waals surface area contributed by atoms with Crippen LogP contribution in [0, 0.1) is 19.3 Å². The highest BCUT2D eigenvalue weighted by Crippen LogP contribution is 2.35. The van der Waals surface area contributed by atoms with Crippen molar-refractivity contribution in [2.24, 2.45) is 5.41 Å². The van der Waals surface area contributed by atoms with Crippen molar-refractivity contribution in [3.05, 3.63) is 34.9 Å². The fraction of sp³-hybridized carbons (Fsp3) is 0.467. The molecule has 0 radical (unpaired) electrons. The maximum absolute atomic E-state index is 11.9. The lowest BCUT2D eigenvalue weighted by Gasteiger charge is -2.22. The van der Waals surface area contributed by atoms with Gasteiger partial charge in [0.15, 0.2) is 0 Å². The smallest absolute Gasteiger partial charge is 0.320 e. The lowest BCUT2D eigenvalue weighted by atomic mass is 9.76. The van der Waals surface area contributed by atoms with E-state index in [0.29, 0.717) is 19.4 Å². The molecule has 1 aliphatic heterocycles. The van der Waals surface area contributed by atoms with E-state index in [0.717, 1.165) is 16.7 Å². The van der Waals surface area contributed by atoms with E-state index in [2.05, 4.69) is 0 Å². The molecule has 0 aromatic heterocycles. The Balaban J connectivity index is 2.38. The lowest BCUT2D eigenvalue weighted by molar-refractivity contribution is -0.150. The fourth-order valence-corrected chi connectivity index (χ4v) is 2.48. The lowest BCUT2D eigenvalue weighted by Crippen LogP contribution is -2.36. The number of hydrogen-bond acceptors (Lipinski definition) is 3. The first kappa shape index (κ1) is 12.8. The molecule has 1 unspecified atom stereocenters. The zero-order valence-corrected chi connectivity index (χ0v) is 11.1. The molecule has 3 heteroatoms. The summed E-state index contributed by atoms with van der Waals surface area (Å²) < 4.78 is 5.01. The summed E-state index contributed by atoms with van der Waals surface area (Å²) in [6.45, 7) is 5.85. The highest BCUT2D eigenvalue weighted by Gasteiger charge is 2.48. The number of aryl methyl sites for hydroxylation is 2. The molecule has 0 spiro atoms. The van der Waals surface area contributed by atoms with E-state index in [4.69, 9.17) is 4.74 Å². The Labute approximate surface area is 107 Å². The third-order valence-corrected chi connectivity index (χ3v) is 3.82. The number of Topliss-reactive ketones (excluding diaryl/α,β-unsaturated/α-hetero) is 1. The molecule has 0 N–H and O–H groups in total. The van der Waals surface area contributed by atoms with Crippen LogP contribution in [0.3, 0.4) is 0 Å². The molecule has 1 aromatic carbocycles. The van der Waals surface area contributed by atoms with Crippen LogP contribution in [0.5, 0.6) is 0 Å². The predicted octanol–water partition coefficient (Wildman–Crippen LogP) is 2.37. The molecule has 1 heterocycles. The van der Waals surface area contributed by atoms with Crippen LogP contribution < -0.4 is 0 Å². The Morgan fingerprint density at radius 3 is 2.67 bits per heavy atom. The van der Waals surface area contributed by atoms with Gasteiger partial charge in [0.2, 0.25) is 0 Å². The Morgan fingerprint density at radius 2 is 2.11 bits per heavy atom. The third kappa shape index (κ3) is 2.05. The summed E-state index contributed by atoms with van der Waals surface area (Å²) in [5.74, 6) is -0.457. The van der Waals surface area contributed by atoms with Crippen LogP contribution in [0.2, 0.25) is 0 Å². The van der Waals surface area contributed by atoms with Crippen LogP contribution in [0.1, 0.15) is 30.0 Å². The molecule has 0 bridgehead atoms. The Hall–Kier alpha value is -1.64. The van der Waals surface area contributed by atoms with Crippen LogP contribution in [0.25, 0.3) is 0 Å². The molecule has 1 atom stereocenters. The fourth-order valence-electron chi connectivity index (χ4n) is 2.48. The van der Waals surface area contributed by atoms with E-state index in [1.807, 2.05) is 32.0 Å². The van der Waals surface area contributed by atoms with Crippen LogP contribution in [-0.4, -0.2) is 18.4 Å². The summed E-state index contributed by atoms with van der Waals surface area (Å²) in [6.07, 6.45) is 0.948. The highest BCUT2D eigenvalue weighted by atomic mass is 16.5. The van der Waals surface area contributed by atoms with Crippen molar-refractivity contribution in [2.45, 2.75) is 33.6 Å². The Kier molecular flexibility index (Phi) is 3.24. The molecule has 0 aliphatic carbocycles. The van der Waals surface area contributed by atoms with Crippen molar-refractivity contribution < 1.29 is 14.3 Å². The van der Waals surface area contributed by atoms with Gasteiger partial charge in [-0.15, -0.1) is 0 Å². The van der Waals surface area contributed by atoms with E-state index in [9.17, 15) is 9.59 Å². The van der Waals surface area contributed by atoms with Crippen LogP contribution in [0.4, 0.5) is 0 Å². The molecule has 1 fully saturated rings. The molecule has 0 amide bonds. The van der Waals surface area contributed by atoms with Gasteiger partial charge in [-0.3, -0.25) is 9.59 Å². The normalized spacial score (nSPS) is 22.9. The van der Waals surface area contributed by atoms with Gasteiger partial charge in [-0.1, -0.05) is 23.8 Å². The van der Waals surface area contributed by atoms with E-state index in [-0.39, 0.29) is 11.8 Å². The average molecular weight is 246 g/mol. The molecule has 3 nitrogen and oxygen atoms in total. The van der Waals surface area contributed by atoms with Crippen LogP contribution in [-0.2, 0) is 20.7 Å². The highest BCUT2D eigenvalue weighted by molar-refractivity contribution is 6.04.